The van der Waals surface area contributed by atoms with E-state index in [0.717, 1.165) is 25.7 Å². The van der Waals surface area contributed by atoms with Gasteiger partial charge in [-0.2, -0.15) is 5.26 Å². The summed E-state index contributed by atoms with van der Waals surface area (Å²) in [7, 11) is -2.72. The van der Waals surface area contributed by atoms with E-state index in [2.05, 4.69) is 21.4 Å². The summed E-state index contributed by atoms with van der Waals surface area (Å²) in [5.41, 5.74) is -1.51. The molecule has 10 heteroatoms. The van der Waals surface area contributed by atoms with Crippen LogP contribution in [0.15, 0.2) is 0 Å². The van der Waals surface area contributed by atoms with Gasteiger partial charge in [0.2, 0.25) is 15.9 Å². The van der Waals surface area contributed by atoms with Gasteiger partial charge in [0, 0.05) is 19.1 Å². The Morgan fingerprint density at radius 3 is 2.33 bits per heavy atom. The normalized spacial score (nSPS) is 37.6. The number of rotatable bonds is 5. The van der Waals surface area contributed by atoms with Crippen LogP contribution in [0.25, 0.3) is 0 Å². The van der Waals surface area contributed by atoms with Crippen molar-refractivity contribution in [2.24, 2.45) is 23.2 Å². The fourth-order valence-corrected chi connectivity index (χ4v) is 11.0. The Morgan fingerprint density at radius 1 is 1.15 bits per heavy atom. The van der Waals surface area contributed by atoms with Gasteiger partial charge in [0.05, 0.1) is 12.6 Å². The number of urea groups is 1. The number of carbonyl (C=O) groups is 2. The lowest BCUT2D eigenvalue weighted by Gasteiger charge is -2.70. The molecule has 0 radical (unpaired) electrons. The molecule has 3 N–H and O–H groups in total. The zero-order chi connectivity index (χ0) is 24.2. The molecule has 0 unspecified atom stereocenters. The number of sulfonamides is 1. The first-order valence-corrected chi connectivity index (χ1v) is 13.6. The molecule has 4 bridgehead atoms. The number of nitrogens with one attached hydrogen (secondary N) is 3. The molecule has 0 aromatic rings. The van der Waals surface area contributed by atoms with Crippen LogP contribution in [-0.4, -0.2) is 61.7 Å². The first-order chi connectivity index (χ1) is 15.4. The summed E-state index contributed by atoms with van der Waals surface area (Å²) in [5.74, 6) is 0.560. The number of carbonyl (C=O) groups excluding carboxylic acids is 2. The second kappa shape index (κ2) is 8.12. The molecule has 5 fully saturated rings. The summed E-state index contributed by atoms with van der Waals surface area (Å²) < 4.78 is 29.3. The Hall–Kier alpha value is -1.86. The van der Waals surface area contributed by atoms with Crippen molar-refractivity contribution in [1.82, 2.24) is 20.3 Å². The second-order valence-corrected chi connectivity index (χ2v) is 13.4. The molecule has 0 spiro atoms. The van der Waals surface area contributed by atoms with E-state index in [9.17, 15) is 23.3 Å². The van der Waals surface area contributed by atoms with Gasteiger partial charge in [-0.05, 0) is 68.1 Å². The highest BCUT2D eigenvalue weighted by atomic mass is 32.2. The van der Waals surface area contributed by atoms with Gasteiger partial charge < -0.3 is 15.5 Å². The number of amides is 3. The van der Waals surface area contributed by atoms with Crippen molar-refractivity contribution in [2.75, 3.05) is 20.1 Å². The van der Waals surface area contributed by atoms with Gasteiger partial charge in [-0.1, -0.05) is 20.8 Å². The molecule has 33 heavy (non-hydrogen) atoms. The van der Waals surface area contributed by atoms with E-state index < -0.39 is 37.8 Å². The molecule has 5 aliphatic rings. The summed E-state index contributed by atoms with van der Waals surface area (Å²) in [6.45, 7) is 6.37. The fraction of sp³-hybridized carbons (Fsp3) is 0.870. The zero-order valence-electron chi connectivity index (χ0n) is 20.1. The fourth-order valence-electron chi connectivity index (χ4n) is 8.28. The van der Waals surface area contributed by atoms with Gasteiger partial charge >= 0.3 is 6.03 Å². The lowest BCUT2D eigenvalue weighted by molar-refractivity contribution is -0.133. The summed E-state index contributed by atoms with van der Waals surface area (Å²) >= 11 is 0. The van der Waals surface area contributed by atoms with Crippen molar-refractivity contribution in [3.8, 4) is 6.07 Å². The average Bonchev–Trinajstić information content (AvgIpc) is 3.18. The summed E-state index contributed by atoms with van der Waals surface area (Å²) in [6.07, 6.45) is 5.56. The highest BCUT2D eigenvalue weighted by molar-refractivity contribution is 7.91. The van der Waals surface area contributed by atoms with Crippen LogP contribution in [0.1, 0.15) is 65.7 Å². The van der Waals surface area contributed by atoms with Crippen molar-refractivity contribution in [2.45, 2.75) is 82.0 Å². The second-order valence-electron chi connectivity index (χ2n) is 11.5. The third-order valence-corrected chi connectivity index (χ3v) is 11.4. The van der Waals surface area contributed by atoms with E-state index in [4.69, 9.17) is 0 Å². The number of likely N-dealkylation sites (tertiary alicyclic amines) is 1. The molecule has 3 amide bonds. The minimum absolute atomic E-state index is 0.00232. The standard InChI is InChI=1S/C23H37N5O4S/c1-21(2,3)23(33(31,32)27-20(30)25-4)17-9-15-8-16(10-17)12-22(23,11-15)26-14-19(29)28-7-5-6-18(28)13-24/h15-18,26H,5-12,14H2,1-4H3,(H2,25,27,30)/t15-,16-,17?,18-,22?,23-/m0/s1. The van der Waals surface area contributed by atoms with Crippen LogP contribution in [0.2, 0.25) is 0 Å². The Balaban J connectivity index is 1.75. The summed E-state index contributed by atoms with van der Waals surface area (Å²) in [6, 6.07) is 1.05. The maximum Gasteiger partial charge on any atom is 0.328 e. The minimum atomic E-state index is -4.12. The van der Waals surface area contributed by atoms with Crippen molar-refractivity contribution in [3.63, 3.8) is 0 Å². The van der Waals surface area contributed by atoms with Crippen LogP contribution < -0.4 is 15.4 Å². The summed E-state index contributed by atoms with van der Waals surface area (Å²) in [5, 5.41) is 15.3. The number of nitrogens with zero attached hydrogens (tertiary/aromatic N) is 2. The largest absolute Gasteiger partial charge is 0.340 e. The molecular formula is C23H37N5O4S. The maximum absolute atomic E-state index is 14.1. The van der Waals surface area contributed by atoms with Gasteiger partial charge in [-0.15, -0.1) is 0 Å². The Kier molecular flexibility index (Phi) is 5.97. The lowest BCUT2D eigenvalue weighted by atomic mass is 9.43. The van der Waals surface area contributed by atoms with Gasteiger partial charge in [-0.25, -0.2) is 17.9 Å². The molecule has 4 atom stereocenters. The maximum atomic E-state index is 14.1. The molecular weight excluding hydrogens is 442 g/mol. The molecule has 4 aliphatic carbocycles. The van der Waals surface area contributed by atoms with Gasteiger partial charge in [0.1, 0.15) is 10.8 Å². The zero-order valence-corrected chi connectivity index (χ0v) is 20.9. The third-order valence-electron chi connectivity index (χ3n) is 8.75. The minimum Gasteiger partial charge on any atom is -0.340 e. The van der Waals surface area contributed by atoms with E-state index in [0.29, 0.717) is 37.6 Å². The number of nitriles is 1. The van der Waals surface area contributed by atoms with Crippen LogP contribution in [-0.2, 0) is 14.8 Å². The lowest BCUT2D eigenvalue weighted by Crippen LogP contribution is -2.82. The molecule has 1 heterocycles. The van der Waals surface area contributed by atoms with Crippen molar-refractivity contribution >= 4 is 22.0 Å². The van der Waals surface area contributed by atoms with E-state index in [-0.39, 0.29) is 18.4 Å². The van der Waals surface area contributed by atoms with Crippen LogP contribution in [0.3, 0.4) is 0 Å². The molecule has 0 aromatic carbocycles. The molecule has 184 valence electrons. The predicted octanol–water partition coefficient (Wildman–Crippen LogP) is 1.71. The van der Waals surface area contributed by atoms with Crippen molar-refractivity contribution in [3.05, 3.63) is 0 Å². The van der Waals surface area contributed by atoms with E-state index >= 15 is 0 Å². The third kappa shape index (κ3) is 3.54. The monoisotopic (exact) mass is 479 g/mol. The van der Waals surface area contributed by atoms with E-state index in [1.807, 2.05) is 20.8 Å². The first kappa shape index (κ1) is 24.3. The van der Waals surface area contributed by atoms with Gasteiger partial charge in [0.15, 0.2) is 0 Å². The van der Waals surface area contributed by atoms with Crippen LogP contribution in [0.4, 0.5) is 4.79 Å². The van der Waals surface area contributed by atoms with Crippen LogP contribution in [0, 0.1) is 34.5 Å². The highest BCUT2D eigenvalue weighted by Gasteiger charge is 2.75. The van der Waals surface area contributed by atoms with Gasteiger partial charge in [0.25, 0.3) is 0 Å². The Morgan fingerprint density at radius 2 is 1.79 bits per heavy atom. The Labute approximate surface area is 197 Å². The average molecular weight is 480 g/mol. The van der Waals surface area contributed by atoms with Gasteiger partial charge in [-0.3, -0.25) is 4.79 Å². The molecule has 5 rings (SSSR count). The SMILES string of the molecule is CNC(=O)NS(=O)(=O)[C@]1(C(C)(C)C)C2C[C@@H]3C[C@@H](C2)CC1(NCC(=O)N1CCC[C@H]1C#N)C3. The van der Waals surface area contributed by atoms with Crippen molar-refractivity contribution in [1.29, 1.82) is 5.26 Å². The quantitative estimate of drug-likeness (QED) is 0.550. The van der Waals surface area contributed by atoms with E-state index in [1.165, 1.54) is 7.05 Å². The molecule has 9 nitrogen and oxygen atoms in total. The number of hydrogen-bond donors (Lipinski definition) is 3. The predicted molar refractivity (Wildman–Crippen MR) is 123 cm³/mol. The number of hydrogen-bond acceptors (Lipinski definition) is 6. The molecule has 1 aliphatic heterocycles. The molecule has 0 aromatic heterocycles. The summed E-state index contributed by atoms with van der Waals surface area (Å²) in [4.78, 5) is 27.0. The molecule has 4 saturated carbocycles. The van der Waals surface area contributed by atoms with Crippen LogP contribution in [0.5, 0.6) is 0 Å². The highest BCUT2D eigenvalue weighted by Crippen LogP contribution is 2.67. The first-order valence-electron chi connectivity index (χ1n) is 12.1. The van der Waals surface area contributed by atoms with E-state index in [1.54, 1.807) is 4.90 Å². The smallest absolute Gasteiger partial charge is 0.328 e. The molecule has 1 saturated heterocycles. The Bertz CT molecular complexity index is 954. The topological polar surface area (TPSA) is 131 Å². The van der Waals surface area contributed by atoms with Crippen molar-refractivity contribution < 1.29 is 18.0 Å². The van der Waals surface area contributed by atoms with Crippen LogP contribution >= 0.6 is 0 Å².